The first-order valence-electron chi connectivity index (χ1n) is 6.00. The lowest BCUT2D eigenvalue weighted by Gasteiger charge is -2.31. The molecule has 0 aliphatic carbocycles. The van der Waals surface area contributed by atoms with Crippen LogP contribution < -0.4 is 10.7 Å². The maximum absolute atomic E-state index is 12.4. The van der Waals surface area contributed by atoms with Crippen LogP contribution in [0.15, 0.2) is 24.3 Å². The molecule has 1 aromatic carbocycles. The number of benzene rings is 1. The molecule has 1 aromatic rings. The number of alkyl halides is 3. The molecule has 1 unspecified atom stereocenters. The summed E-state index contributed by atoms with van der Waals surface area (Å²) in [5.74, 6) is -1.86. The summed E-state index contributed by atoms with van der Waals surface area (Å²) in [4.78, 5) is 22.1. The summed E-state index contributed by atoms with van der Waals surface area (Å²) in [6, 6.07) is 4.56. The lowest BCUT2D eigenvalue weighted by Crippen LogP contribution is -2.65. The summed E-state index contributed by atoms with van der Waals surface area (Å²) < 4.78 is 37.2. The molecule has 114 valence electrons. The molecule has 1 saturated heterocycles. The molecule has 6 nitrogen and oxygen atoms in total. The summed E-state index contributed by atoms with van der Waals surface area (Å²) in [5.41, 5.74) is 2.03. The molecule has 21 heavy (non-hydrogen) atoms. The normalized spacial score (nSPS) is 20.1. The van der Waals surface area contributed by atoms with E-state index < -0.39 is 29.9 Å². The largest absolute Gasteiger partial charge is 0.416 e. The number of nitrogens with one attached hydrogen (secondary N) is 2. The van der Waals surface area contributed by atoms with Crippen molar-refractivity contribution in [2.24, 2.45) is 0 Å². The van der Waals surface area contributed by atoms with E-state index in [4.69, 9.17) is 0 Å². The van der Waals surface area contributed by atoms with Crippen LogP contribution in [0.2, 0.25) is 0 Å². The van der Waals surface area contributed by atoms with Crippen molar-refractivity contribution < 1.29 is 27.9 Å². The van der Waals surface area contributed by atoms with Crippen LogP contribution in [0.1, 0.15) is 11.1 Å². The van der Waals surface area contributed by atoms with Crippen molar-refractivity contribution >= 4 is 11.8 Å². The zero-order valence-electron chi connectivity index (χ0n) is 10.6. The molecule has 0 spiro atoms. The molecule has 9 heteroatoms. The number of hydrazine groups is 1. The Labute approximate surface area is 117 Å². The van der Waals surface area contributed by atoms with Crippen molar-refractivity contribution in [1.82, 2.24) is 15.8 Å². The van der Waals surface area contributed by atoms with Gasteiger partial charge in [-0.3, -0.25) is 15.0 Å². The van der Waals surface area contributed by atoms with Gasteiger partial charge in [-0.2, -0.15) is 18.2 Å². The summed E-state index contributed by atoms with van der Waals surface area (Å²) in [6.07, 6.45) is -5.48. The Morgan fingerprint density at radius 1 is 1.14 bits per heavy atom. The van der Waals surface area contributed by atoms with Gasteiger partial charge in [-0.15, -0.1) is 0 Å². The van der Waals surface area contributed by atoms with Gasteiger partial charge in [0.15, 0.2) is 0 Å². The van der Waals surface area contributed by atoms with Crippen molar-refractivity contribution in [3.63, 3.8) is 0 Å². The highest BCUT2D eigenvalue weighted by atomic mass is 19.4. The summed E-state index contributed by atoms with van der Waals surface area (Å²) in [7, 11) is 0. The van der Waals surface area contributed by atoms with Crippen LogP contribution >= 0.6 is 0 Å². The zero-order chi connectivity index (χ0) is 15.6. The van der Waals surface area contributed by atoms with E-state index in [-0.39, 0.29) is 13.0 Å². The first-order valence-corrected chi connectivity index (χ1v) is 6.00. The molecule has 1 atom stereocenters. The number of aliphatic hydroxyl groups excluding tert-OH is 1. The third-order valence-corrected chi connectivity index (χ3v) is 2.93. The van der Waals surface area contributed by atoms with E-state index in [2.05, 4.69) is 5.43 Å². The molecule has 2 amide bonds. The maximum atomic E-state index is 12.4. The van der Waals surface area contributed by atoms with E-state index in [1.807, 2.05) is 5.32 Å². The molecule has 1 aliphatic heterocycles. The molecule has 2 rings (SSSR count). The van der Waals surface area contributed by atoms with Gasteiger partial charge in [0.25, 0.3) is 0 Å². The molecular formula is C12H12F3N3O3. The summed E-state index contributed by atoms with van der Waals surface area (Å²) in [5, 5.41) is 12.6. The molecule has 1 fully saturated rings. The lowest BCUT2D eigenvalue weighted by atomic mass is 10.1. The smallest absolute Gasteiger partial charge is 0.360 e. The standard InChI is InChI=1S/C12H12F3N3O3/c13-12(14,15)8-3-1-7(2-4-8)5-6-18-11(21)16-9(19)10(20)17-18/h1-4,11,21H,5-6H2,(H,16,19)(H,17,20). The van der Waals surface area contributed by atoms with Gasteiger partial charge >= 0.3 is 18.0 Å². The number of hydrogen-bond acceptors (Lipinski definition) is 4. The van der Waals surface area contributed by atoms with Crippen molar-refractivity contribution in [1.29, 1.82) is 0 Å². The predicted octanol–water partition coefficient (Wildman–Crippen LogP) is -0.0132. The molecule has 1 aliphatic rings. The van der Waals surface area contributed by atoms with Crippen LogP contribution in [0.25, 0.3) is 0 Å². The van der Waals surface area contributed by atoms with E-state index in [9.17, 15) is 27.9 Å². The van der Waals surface area contributed by atoms with Gasteiger partial charge < -0.3 is 10.4 Å². The van der Waals surface area contributed by atoms with Crippen LogP contribution in [0.4, 0.5) is 13.2 Å². The number of carbonyl (C=O) groups excluding carboxylic acids is 2. The van der Waals surface area contributed by atoms with Gasteiger partial charge in [0, 0.05) is 6.54 Å². The second-order valence-electron chi connectivity index (χ2n) is 4.43. The second kappa shape index (κ2) is 5.70. The number of rotatable bonds is 3. The highest BCUT2D eigenvalue weighted by molar-refractivity contribution is 6.35. The lowest BCUT2D eigenvalue weighted by molar-refractivity contribution is -0.160. The predicted molar refractivity (Wildman–Crippen MR) is 64.1 cm³/mol. The monoisotopic (exact) mass is 303 g/mol. The number of nitrogens with zero attached hydrogens (tertiary/aromatic N) is 1. The number of halogens is 3. The average Bonchev–Trinajstić information content (AvgIpc) is 2.41. The minimum Gasteiger partial charge on any atom is -0.360 e. The Morgan fingerprint density at radius 2 is 1.76 bits per heavy atom. The zero-order valence-corrected chi connectivity index (χ0v) is 10.6. The Balaban J connectivity index is 1.94. The highest BCUT2D eigenvalue weighted by Gasteiger charge is 2.31. The fourth-order valence-electron chi connectivity index (χ4n) is 1.79. The SMILES string of the molecule is O=C1NC(O)N(CCc2ccc(C(F)(F)F)cc2)NC1=O. The number of aliphatic hydroxyl groups is 1. The number of carbonyl (C=O) groups is 2. The second-order valence-corrected chi connectivity index (χ2v) is 4.43. The fraction of sp³-hybridized carbons (Fsp3) is 0.333. The van der Waals surface area contributed by atoms with Crippen LogP contribution in [-0.4, -0.2) is 34.8 Å². The minimum absolute atomic E-state index is 0.124. The molecule has 0 bridgehead atoms. The van der Waals surface area contributed by atoms with Gasteiger partial charge in [-0.1, -0.05) is 12.1 Å². The van der Waals surface area contributed by atoms with Gasteiger partial charge in [0.2, 0.25) is 6.35 Å². The topological polar surface area (TPSA) is 81.7 Å². The van der Waals surface area contributed by atoms with Crippen molar-refractivity contribution in [3.8, 4) is 0 Å². The first-order chi connectivity index (χ1) is 9.77. The van der Waals surface area contributed by atoms with Crippen molar-refractivity contribution in [2.45, 2.75) is 18.9 Å². The van der Waals surface area contributed by atoms with Crippen molar-refractivity contribution in [3.05, 3.63) is 35.4 Å². The third-order valence-electron chi connectivity index (χ3n) is 2.93. The summed E-state index contributed by atoms with van der Waals surface area (Å²) in [6.45, 7) is 0.124. The Morgan fingerprint density at radius 3 is 2.33 bits per heavy atom. The van der Waals surface area contributed by atoms with Crippen LogP contribution in [0, 0.1) is 0 Å². The number of hydrogen-bond donors (Lipinski definition) is 3. The van der Waals surface area contributed by atoms with Crippen LogP contribution in [0.3, 0.4) is 0 Å². The van der Waals surface area contributed by atoms with E-state index in [1.165, 1.54) is 12.1 Å². The maximum Gasteiger partial charge on any atom is 0.416 e. The quantitative estimate of drug-likeness (QED) is 0.686. The number of amides is 2. The van der Waals surface area contributed by atoms with E-state index in [1.54, 1.807) is 0 Å². The summed E-state index contributed by atoms with van der Waals surface area (Å²) >= 11 is 0. The molecule has 3 N–H and O–H groups in total. The molecule has 0 saturated carbocycles. The molecular weight excluding hydrogens is 291 g/mol. The Kier molecular flexibility index (Phi) is 4.14. The molecule has 0 aromatic heterocycles. The van der Waals surface area contributed by atoms with E-state index in [0.29, 0.717) is 5.56 Å². The Bertz CT molecular complexity index is 545. The van der Waals surface area contributed by atoms with E-state index in [0.717, 1.165) is 17.1 Å². The van der Waals surface area contributed by atoms with Gasteiger partial charge in [0.05, 0.1) is 5.56 Å². The third kappa shape index (κ3) is 3.70. The van der Waals surface area contributed by atoms with Crippen molar-refractivity contribution in [2.75, 3.05) is 6.54 Å². The first kappa shape index (κ1) is 15.3. The minimum atomic E-state index is -4.39. The van der Waals surface area contributed by atoms with Crippen LogP contribution in [-0.2, 0) is 22.2 Å². The molecule has 1 heterocycles. The van der Waals surface area contributed by atoms with E-state index >= 15 is 0 Å². The van der Waals surface area contributed by atoms with Gasteiger partial charge in [0.1, 0.15) is 0 Å². The van der Waals surface area contributed by atoms with Crippen LogP contribution in [0.5, 0.6) is 0 Å². The van der Waals surface area contributed by atoms with Gasteiger partial charge in [-0.25, -0.2) is 0 Å². The molecule has 0 radical (unpaired) electrons. The average molecular weight is 303 g/mol. The van der Waals surface area contributed by atoms with Gasteiger partial charge in [-0.05, 0) is 24.1 Å². The Hall–Kier alpha value is -2.13. The fourth-order valence-corrected chi connectivity index (χ4v) is 1.79. The highest BCUT2D eigenvalue weighted by Crippen LogP contribution is 2.29.